The van der Waals surface area contributed by atoms with Crippen LogP contribution in [0.1, 0.15) is 16.8 Å². The SMILES string of the molecule is C=C1CC(CN(C)c2ccc(OC)cc2C=O)N(C)C1. The summed E-state index contributed by atoms with van der Waals surface area (Å²) in [4.78, 5) is 15.7. The molecule has 20 heavy (non-hydrogen) atoms. The van der Waals surface area contributed by atoms with Crippen LogP contribution in [0.3, 0.4) is 0 Å². The number of ether oxygens (including phenoxy) is 1. The van der Waals surface area contributed by atoms with Crippen LogP contribution in [0.2, 0.25) is 0 Å². The van der Waals surface area contributed by atoms with Crippen LogP contribution in [0.4, 0.5) is 5.69 Å². The molecule has 0 amide bonds. The molecule has 0 saturated carbocycles. The predicted octanol–water partition coefficient (Wildman–Crippen LogP) is 2.20. The Morgan fingerprint density at radius 2 is 2.30 bits per heavy atom. The Bertz CT molecular complexity index is 513. The normalized spacial score (nSPS) is 19.1. The Morgan fingerprint density at radius 1 is 1.55 bits per heavy atom. The Morgan fingerprint density at radius 3 is 2.85 bits per heavy atom. The minimum absolute atomic E-state index is 0.453. The minimum atomic E-state index is 0.453. The van der Waals surface area contributed by atoms with Gasteiger partial charge in [0.2, 0.25) is 0 Å². The summed E-state index contributed by atoms with van der Waals surface area (Å²) in [5, 5.41) is 0. The lowest BCUT2D eigenvalue weighted by Crippen LogP contribution is -2.36. The van der Waals surface area contributed by atoms with E-state index in [0.717, 1.165) is 31.5 Å². The zero-order chi connectivity index (χ0) is 14.7. The lowest BCUT2D eigenvalue weighted by atomic mass is 10.1. The maximum atomic E-state index is 11.2. The molecular weight excluding hydrogens is 252 g/mol. The Labute approximate surface area is 120 Å². The predicted molar refractivity (Wildman–Crippen MR) is 81.8 cm³/mol. The highest BCUT2D eigenvalue weighted by Crippen LogP contribution is 2.26. The van der Waals surface area contributed by atoms with Crippen LogP contribution in [0.5, 0.6) is 5.75 Å². The van der Waals surface area contributed by atoms with Crippen molar-refractivity contribution in [3.8, 4) is 5.75 Å². The van der Waals surface area contributed by atoms with E-state index in [9.17, 15) is 4.79 Å². The first kappa shape index (κ1) is 14.6. The fraction of sp³-hybridized carbons (Fsp3) is 0.438. The quantitative estimate of drug-likeness (QED) is 0.609. The van der Waals surface area contributed by atoms with Crippen LogP contribution in [0.25, 0.3) is 0 Å². The number of aldehydes is 1. The van der Waals surface area contributed by atoms with Gasteiger partial charge in [-0.2, -0.15) is 0 Å². The van der Waals surface area contributed by atoms with Gasteiger partial charge in [0, 0.05) is 37.4 Å². The summed E-state index contributed by atoms with van der Waals surface area (Å²) in [7, 11) is 5.74. The highest BCUT2D eigenvalue weighted by atomic mass is 16.5. The Kier molecular flexibility index (Phi) is 4.45. The van der Waals surface area contributed by atoms with E-state index in [-0.39, 0.29) is 0 Å². The van der Waals surface area contributed by atoms with Crippen molar-refractivity contribution in [2.24, 2.45) is 0 Å². The molecule has 4 nitrogen and oxygen atoms in total. The van der Waals surface area contributed by atoms with E-state index in [0.29, 0.717) is 17.4 Å². The molecule has 4 heteroatoms. The first-order valence-electron chi connectivity index (χ1n) is 6.76. The molecule has 1 aliphatic rings. The zero-order valence-corrected chi connectivity index (χ0v) is 12.4. The van der Waals surface area contributed by atoms with Crippen molar-refractivity contribution in [2.75, 3.05) is 39.2 Å². The number of carbonyl (C=O) groups excluding carboxylic acids is 1. The van der Waals surface area contributed by atoms with Crippen molar-refractivity contribution < 1.29 is 9.53 Å². The molecule has 0 aliphatic carbocycles. The van der Waals surface area contributed by atoms with E-state index in [1.165, 1.54) is 5.57 Å². The number of likely N-dealkylation sites (tertiary alicyclic amines) is 1. The number of methoxy groups -OCH3 is 1. The van der Waals surface area contributed by atoms with E-state index in [1.54, 1.807) is 13.2 Å². The summed E-state index contributed by atoms with van der Waals surface area (Å²) in [5.41, 5.74) is 2.87. The smallest absolute Gasteiger partial charge is 0.152 e. The first-order chi connectivity index (χ1) is 9.55. The molecular formula is C16H22N2O2. The van der Waals surface area contributed by atoms with Crippen LogP contribution in [-0.4, -0.2) is 51.5 Å². The minimum Gasteiger partial charge on any atom is -0.497 e. The number of benzene rings is 1. The molecule has 0 N–H and O–H groups in total. The van der Waals surface area contributed by atoms with Gasteiger partial charge in [0.25, 0.3) is 0 Å². The molecule has 108 valence electrons. The molecule has 1 fully saturated rings. The third kappa shape index (κ3) is 3.02. The fourth-order valence-electron chi connectivity index (χ4n) is 2.76. The van der Waals surface area contributed by atoms with Gasteiger partial charge < -0.3 is 9.64 Å². The van der Waals surface area contributed by atoms with Crippen LogP contribution in [0, 0.1) is 0 Å². The van der Waals surface area contributed by atoms with Gasteiger partial charge in [-0.15, -0.1) is 0 Å². The summed E-state index contributed by atoms with van der Waals surface area (Å²) in [6.07, 6.45) is 1.90. The Hall–Kier alpha value is -1.81. The molecule has 0 aromatic heterocycles. The zero-order valence-electron chi connectivity index (χ0n) is 12.4. The summed E-state index contributed by atoms with van der Waals surface area (Å²) < 4.78 is 5.16. The van der Waals surface area contributed by atoms with E-state index >= 15 is 0 Å². The molecule has 1 heterocycles. The number of carbonyl (C=O) groups is 1. The van der Waals surface area contributed by atoms with Gasteiger partial charge in [-0.3, -0.25) is 9.69 Å². The maximum Gasteiger partial charge on any atom is 0.152 e. The van der Waals surface area contributed by atoms with Crippen LogP contribution in [-0.2, 0) is 0 Å². The summed E-state index contributed by atoms with van der Waals surface area (Å²) in [6.45, 7) is 5.90. The van der Waals surface area contributed by atoms with Gasteiger partial charge in [-0.25, -0.2) is 0 Å². The molecule has 1 aliphatic heterocycles. The van der Waals surface area contributed by atoms with Crippen molar-refractivity contribution in [2.45, 2.75) is 12.5 Å². The van der Waals surface area contributed by atoms with E-state index in [4.69, 9.17) is 4.74 Å². The number of hydrogen-bond acceptors (Lipinski definition) is 4. The third-order valence-corrected chi connectivity index (χ3v) is 3.88. The second kappa shape index (κ2) is 6.09. The summed E-state index contributed by atoms with van der Waals surface area (Å²) in [5.74, 6) is 0.704. The first-order valence-corrected chi connectivity index (χ1v) is 6.76. The monoisotopic (exact) mass is 274 g/mol. The fourth-order valence-corrected chi connectivity index (χ4v) is 2.76. The van der Waals surface area contributed by atoms with E-state index in [1.807, 2.05) is 19.2 Å². The second-order valence-electron chi connectivity index (χ2n) is 5.45. The van der Waals surface area contributed by atoms with Crippen molar-refractivity contribution in [3.05, 3.63) is 35.9 Å². The van der Waals surface area contributed by atoms with Crippen molar-refractivity contribution in [1.29, 1.82) is 0 Å². The summed E-state index contributed by atoms with van der Waals surface area (Å²) >= 11 is 0. The molecule has 1 atom stereocenters. The topological polar surface area (TPSA) is 32.8 Å². The highest BCUT2D eigenvalue weighted by molar-refractivity contribution is 5.85. The molecule has 0 spiro atoms. The third-order valence-electron chi connectivity index (χ3n) is 3.88. The van der Waals surface area contributed by atoms with Gasteiger partial charge in [-0.1, -0.05) is 12.2 Å². The van der Waals surface area contributed by atoms with Gasteiger partial charge in [0.15, 0.2) is 6.29 Å². The highest BCUT2D eigenvalue weighted by Gasteiger charge is 2.25. The van der Waals surface area contributed by atoms with Gasteiger partial charge in [0.05, 0.1) is 7.11 Å². The molecule has 1 aromatic carbocycles. The van der Waals surface area contributed by atoms with Gasteiger partial charge in [-0.05, 0) is 31.7 Å². The number of rotatable bonds is 5. The molecule has 2 rings (SSSR count). The largest absolute Gasteiger partial charge is 0.497 e. The van der Waals surface area contributed by atoms with Crippen LogP contribution < -0.4 is 9.64 Å². The second-order valence-corrected chi connectivity index (χ2v) is 5.45. The van der Waals surface area contributed by atoms with Crippen LogP contribution in [0.15, 0.2) is 30.4 Å². The average molecular weight is 274 g/mol. The van der Waals surface area contributed by atoms with Crippen molar-refractivity contribution >= 4 is 12.0 Å². The average Bonchev–Trinajstić information content (AvgIpc) is 2.75. The summed E-state index contributed by atoms with van der Waals surface area (Å²) in [6, 6.07) is 6.05. The van der Waals surface area contributed by atoms with E-state index < -0.39 is 0 Å². The number of nitrogens with zero attached hydrogens (tertiary/aromatic N) is 2. The van der Waals surface area contributed by atoms with Gasteiger partial charge in [0.1, 0.15) is 5.75 Å². The van der Waals surface area contributed by atoms with Gasteiger partial charge >= 0.3 is 0 Å². The number of hydrogen-bond donors (Lipinski definition) is 0. The molecule has 1 aromatic rings. The lowest BCUT2D eigenvalue weighted by Gasteiger charge is -2.28. The lowest BCUT2D eigenvalue weighted by molar-refractivity contribution is 0.112. The van der Waals surface area contributed by atoms with Crippen LogP contribution >= 0.6 is 0 Å². The molecule has 1 saturated heterocycles. The standard InChI is InChI=1S/C16H22N2O2/c1-12-7-14(17(2)9-12)10-18(3)16-6-5-15(20-4)8-13(16)11-19/h5-6,8,11,14H,1,7,9-10H2,2-4H3. The van der Waals surface area contributed by atoms with E-state index in [2.05, 4.69) is 23.4 Å². The number of likely N-dealkylation sites (N-methyl/N-ethyl adjacent to an activating group) is 2. The van der Waals surface area contributed by atoms with Crippen molar-refractivity contribution in [3.63, 3.8) is 0 Å². The Balaban J connectivity index is 2.14. The van der Waals surface area contributed by atoms with Crippen molar-refractivity contribution in [1.82, 2.24) is 4.90 Å². The number of anilines is 1. The molecule has 0 radical (unpaired) electrons. The molecule has 0 bridgehead atoms. The maximum absolute atomic E-state index is 11.2. The molecule has 1 unspecified atom stereocenters.